The second-order valence-electron chi connectivity index (χ2n) is 6.85. The molecule has 0 aliphatic heterocycles. The van der Waals surface area contributed by atoms with E-state index in [4.69, 9.17) is 4.74 Å². The lowest BCUT2D eigenvalue weighted by atomic mass is 9.97. The van der Waals surface area contributed by atoms with Gasteiger partial charge in [-0.25, -0.2) is 0 Å². The number of aromatic hydroxyl groups is 1. The summed E-state index contributed by atoms with van der Waals surface area (Å²) < 4.78 is 5.88. The average Bonchev–Trinajstić information content (AvgIpc) is 2.70. The molecular formula is C24H26O3. The Morgan fingerprint density at radius 1 is 0.963 bits per heavy atom. The maximum Gasteiger partial charge on any atom is 0.167 e. The number of hydrogen-bond donors (Lipinski definition) is 1. The van der Waals surface area contributed by atoms with Crippen molar-refractivity contribution < 1.29 is 14.6 Å². The monoisotopic (exact) mass is 362 g/mol. The number of carbonyl (C=O) groups excluding carboxylic acids is 1. The number of benzene rings is 3. The van der Waals surface area contributed by atoms with E-state index >= 15 is 0 Å². The van der Waals surface area contributed by atoms with Crippen molar-refractivity contribution in [3.05, 3.63) is 71.8 Å². The molecule has 0 spiro atoms. The standard InChI is InChI=1S/C24H26O3/c1-2-3-4-8-11-22(25)24-21-14-13-20(16-19(21)12-15-23(24)26)27-17-18-9-6-5-7-10-18/h5-7,9-10,12-16,26H,2-4,8,11,17H2,1H3. The van der Waals surface area contributed by atoms with Crippen LogP contribution in [-0.4, -0.2) is 10.9 Å². The van der Waals surface area contributed by atoms with Crippen LogP contribution in [0.15, 0.2) is 60.7 Å². The largest absolute Gasteiger partial charge is 0.507 e. The summed E-state index contributed by atoms with van der Waals surface area (Å²) in [5.74, 6) is 0.812. The maximum atomic E-state index is 12.6. The molecule has 0 fully saturated rings. The fourth-order valence-corrected chi connectivity index (χ4v) is 3.26. The summed E-state index contributed by atoms with van der Waals surface area (Å²) >= 11 is 0. The summed E-state index contributed by atoms with van der Waals surface area (Å²) in [7, 11) is 0. The third-order valence-corrected chi connectivity index (χ3v) is 4.75. The van der Waals surface area contributed by atoms with Crippen LogP contribution in [0.4, 0.5) is 0 Å². The summed E-state index contributed by atoms with van der Waals surface area (Å²) in [5, 5.41) is 11.9. The van der Waals surface area contributed by atoms with Crippen molar-refractivity contribution in [2.45, 2.75) is 45.6 Å². The van der Waals surface area contributed by atoms with E-state index in [1.807, 2.05) is 54.6 Å². The maximum absolute atomic E-state index is 12.6. The van der Waals surface area contributed by atoms with Gasteiger partial charge in [-0.15, -0.1) is 0 Å². The number of Topliss-reactive ketones (excluding diaryl/α,β-unsaturated/α-hetero) is 1. The number of ketones is 1. The zero-order valence-corrected chi connectivity index (χ0v) is 15.8. The number of phenolic OH excluding ortho intramolecular Hbond substituents is 1. The Bertz CT molecular complexity index is 900. The second-order valence-corrected chi connectivity index (χ2v) is 6.85. The van der Waals surface area contributed by atoms with Gasteiger partial charge >= 0.3 is 0 Å². The molecule has 3 aromatic rings. The number of carbonyl (C=O) groups is 1. The molecular weight excluding hydrogens is 336 g/mol. The summed E-state index contributed by atoms with van der Waals surface area (Å²) in [4.78, 5) is 12.6. The molecule has 0 heterocycles. The highest BCUT2D eigenvalue weighted by Crippen LogP contribution is 2.31. The van der Waals surface area contributed by atoms with Gasteiger partial charge in [0.15, 0.2) is 5.78 Å². The highest BCUT2D eigenvalue weighted by molar-refractivity contribution is 6.10. The van der Waals surface area contributed by atoms with Crippen molar-refractivity contribution in [2.75, 3.05) is 0 Å². The summed E-state index contributed by atoms with van der Waals surface area (Å²) in [6, 6.07) is 19.1. The Morgan fingerprint density at radius 2 is 1.78 bits per heavy atom. The quantitative estimate of drug-likeness (QED) is 0.360. The zero-order valence-electron chi connectivity index (χ0n) is 15.8. The Labute approximate surface area is 160 Å². The molecule has 0 aromatic heterocycles. The summed E-state index contributed by atoms with van der Waals surface area (Å²) in [5.41, 5.74) is 1.53. The van der Waals surface area contributed by atoms with E-state index in [1.165, 1.54) is 0 Å². The van der Waals surface area contributed by atoms with Crippen molar-refractivity contribution in [1.82, 2.24) is 0 Å². The molecule has 0 saturated carbocycles. The van der Waals surface area contributed by atoms with Crippen LogP contribution in [-0.2, 0) is 6.61 Å². The van der Waals surface area contributed by atoms with Crippen molar-refractivity contribution in [1.29, 1.82) is 0 Å². The lowest BCUT2D eigenvalue weighted by Crippen LogP contribution is -2.01. The molecule has 27 heavy (non-hydrogen) atoms. The molecule has 0 aliphatic rings. The number of hydrogen-bond acceptors (Lipinski definition) is 3. The lowest BCUT2D eigenvalue weighted by Gasteiger charge is -2.11. The Hall–Kier alpha value is -2.81. The van der Waals surface area contributed by atoms with E-state index in [0.29, 0.717) is 18.6 Å². The lowest BCUT2D eigenvalue weighted by molar-refractivity contribution is 0.0978. The number of ether oxygens (including phenoxy) is 1. The third kappa shape index (κ3) is 4.88. The highest BCUT2D eigenvalue weighted by Gasteiger charge is 2.15. The molecule has 3 heteroatoms. The predicted molar refractivity (Wildman–Crippen MR) is 109 cm³/mol. The van der Waals surface area contributed by atoms with Gasteiger partial charge in [0.1, 0.15) is 18.1 Å². The molecule has 1 N–H and O–H groups in total. The number of rotatable bonds is 9. The number of unbranched alkanes of at least 4 members (excludes halogenated alkanes) is 3. The van der Waals surface area contributed by atoms with E-state index in [0.717, 1.165) is 47.8 Å². The molecule has 3 nitrogen and oxygen atoms in total. The van der Waals surface area contributed by atoms with Crippen LogP contribution in [0.1, 0.15) is 54.9 Å². The molecule has 0 atom stereocenters. The first kappa shape index (κ1) is 19.0. The summed E-state index contributed by atoms with van der Waals surface area (Å²) in [6.07, 6.45) is 4.65. The summed E-state index contributed by atoms with van der Waals surface area (Å²) in [6.45, 7) is 2.64. The van der Waals surface area contributed by atoms with E-state index in [1.54, 1.807) is 6.07 Å². The average molecular weight is 362 g/mol. The van der Waals surface area contributed by atoms with Crippen LogP contribution in [0.25, 0.3) is 10.8 Å². The fourth-order valence-electron chi connectivity index (χ4n) is 3.26. The van der Waals surface area contributed by atoms with Crippen LogP contribution < -0.4 is 4.74 Å². The van der Waals surface area contributed by atoms with Gasteiger partial charge < -0.3 is 9.84 Å². The molecule has 3 rings (SSSR count). The molecule has 140 valence electrons. The molecule has 0 saturated heterocycles. The van der Waals surface area contributed by atoms with Crippen molar-refractivity contribution >= 4 is 16.6 Å². The Kier molecular flexibility index (Phi) is 6.48. The van der Waals surface area contributed by atoms with Crippen molar-refractivity contribution in [3.63, 3.8) is 0 Å². The first-order valence-corrected chi connectivity index (χ1v) is 9.64. The minimum atomic E-state index is 0.00663. The van der Waals surface area contributed by atoms with Gasteiger partial charge in [0.05, 0.1) is 5.56 Å². The van der Waals surface area contributed by atoms with Gasteiger partial charge in [-0.05, 0) is 47.0 Å². The van der Waals surface area contributed by atoms with Crippen LogP contribution in [0.5, 0.6) is 11.5 Å². The molecule has 3 aromatic carbocycles. The van der Waals surface area contributed by atoms with Gasteiger partial charge in [0.2, 0.25) is 0 Å². The van der Waals surface area contributed by atoms with E-state index in [-0.39, 0.29) is 11.5 Å². The Balaban J connectivity index is 1.77. The molecule has 0 unspecified atom stereocenters. The van der Waals surface area contributed by atoms with Gasteiger partial charge in [-0.3, -0.25) is 4.79 Å². The zero-order chi connectivity index (χ0) is 19.1. The van der Waals surface area contributed by atoms with Crippen molar-refractivity contribution in [2.24, 2.45) is 0 Å². The van der Waals surface area contributed by atoms with Gasteiger partial charge in [-0.2, -0.15) is 0 Å². The smallest absolute Gasteiger partial charge is 0.167 e. The Morgan fingerprint density at radius 3 is 2.56 bits per heavy atom. The normalized spacial score (nSPS) is 10.9. The second kappa shape index (κ2) is 9.22. The van der Waals surface area contributed by atoms with E-state index in [2.05, 4.69) is 6.92 Å². The van der Waals surface area contributed by atoms with Gasteiger partial charge in [0, 0.05) is 6.42 Å². The topological polar surface area (TPSA) is 46.5 Å². The first-order chi connectivity index (χ1) is 13.2. The van der Waals surface area contributed by atoms with Crippen LogP contribution >= 0.6 is 0 Å². The van der Waals surface area contributed by atoms with Crippen LogP contribution in [0, 0.1) is 0 Å². The van der Waals surface area contributed by atoms with Crippen LogP contribution in [0.2, 0.25) is 0 Å². The number of phenols is 1. The molecule has 0 bridgehead atoms. The molecule has 0 amide bonds. The third-order valence-electron chi connectivity index (χ3n) is 4.75. The van der Waals surface area contributed by atoms with E-state index in [9.17, 15) is 9.90 Å². The molecule has 0 radical (unpaired) electrons. The first-order valence-electron chi connectivity index (χ1n) is 9.64. The van der Waals surface area contributed by atoms with E-state index < -0.39 is 0 Å². The minimum absolute atomic E-state index is 0.00663. The SMILES string of the molecule is CCCCCCC(=O)c1c(O)ccc2cc(OCc3ccccc3)ccc12. The molecule has 0 aliphatic carbocycles. The number of fused-ring (bicyclic) bond motifs is 1. The van der Waals surface area contributed by atoms with Crippen LogP contribution in [0.3, 0.4) is 0 Å². The highest BCUT2D eigenvalue weighted by atomic mass is 16.5. The minimum Gasteiger partial charge on any atom is -0.507 e. The predicted octanol–water partition coefficient (Wildman–Crippen LogP) is 6.28. The van der Waals surface area contributed by atoms with Gasteiger partial charge in [0.25, 0.3) is 0 Å². The van der Waals surface area contributed by atoms with Crippen molar-refractivity contribution in [3.8, 4) is 11.5 Å². The fraction of sp³-hybridized carbons (Fsp3) is 0.292. The van der Waals surface area contributed by atoms with Gasteiger partial charge in [-0.1, -0.05) is 62.6 Å².